The third-order valence-electron chi connectivity index (χ3n) is 1.84. The fourth-order valence-electron chi connectivity index (χ4n) is 1.08. The lowest BCUT2D eigenvalue weighted by Gasteiger charge is -2.10. The second kappa shape index (κ2) is 3.94. The number of terminal acetylenes is 1. The van der Waals surface area contributed by atoms with E-state index in [1.807, 2.05) is 0 Å². The molecule has 0 bridgehead atoms. The molecule has 1 aliphatic rings. The van der Waals surface area contributed by atoms with Gasteiger partial charge in [-0.15, -0.1) is 6.42 Å². The zero-order chi connectivity index (χ0) is 9.84. The van der Waals surface area contributed by atoms with Crippen molar-refractivity contribution in [1.29, 1.82) is 0 Å². The molecule has 0 aromatic heterocycles. The van der Waals surface area contributed by atoms with E-state index >= 15 is 0 Å². The van der Waals surface area contributed by atoms with Crippen LogP contribution < -0.4 is 5.32 Å². The quantitative estimate of drug-likeness (QED) is 0.469. The molecule has 4 heteroatoms. The Bertz CT molecular complexity index is 267. The topological polar surface area (TPSA) is 55.4 Å². The summed E-state index contributed by atoms with van der Waals surface area (Å²) in [7, 11) is 0. The van der Waals surface area contributed by atoms with Crippen LogP contribution in [-0.2, 0) is 14.3 Å². The van der Waals surface area contributed by atoms with E-state index in [9.17, 15) is 9.59 Å². The fourth-order valence-corrected chi connectivity index (χ4v) is 1.08. The van der Waals surface area contributed by atoms with E-state index in [1.165, 1.54) is 0 Å². The Morgan fingerprint density at radius 1 is 1.85 bits per heavy atom. The molecule has 0 aromatic carbocycles. The van der Waals surface area contributed by atoms with Crippen LogP contribution in [0.1, 0.15) is 13.3 Å². The van der Waals surface area contributed by atoms with Crippen molar-refractivity contribution in [3.8, 4) is 12.3 Å². The highest BCUT2D eigenvalue weighted by molar-refractivity contribution is 5.86. The van der Waals surface area contributed by atoms with Crippen LogP contribution in [0, 0.1) is 18.3 Å². The van der Waals surface area contributed by atoms with Gasteiger partial charge in [0.2, 0.25) is 5.91 Å². The first kappa shape index (κ1) is 9.59. The van der Waals surface area contributed by atoms with Crippen LogP contribution in [0.3, 0.4) is 0 Å². The van der Waals surface area contributed by atoms with E-state index in [0.717, 1.165) is 0 Å². The Hall–Kier alpha value is -1.50. The molecule has 0 aliphatic carbocycles. The highest BCUT2D eigenvalue weighted by Crippen LogP contribution is 2.11. The maximum Gasteiger partial charge on any atom is 0.312 e. The Kier molecular flexibility index (Phi) is 2.91. The molecule has 1 rings (SSSR count). The lowest BCUT2D eigenvalue weighted by Crippen LogP contribution is -2.23. The van der Waals surface area contributed by atoms with Crippen LogP contribution in [0.2, 0.25) is 0 Å². The van der Waals surface area contributed by atoms with Crippen LogP contribution in [0.15, 0.2) is 0 Å². The third kappa shape index (κ3) is 2.48. The lowest BCUT2D eigenvalue weighted by molar-refractivity contribution is -0.150. The number of rotatable bonds is 2. The first-order chi connectivity index (χ1) is 6.13. The number of hydrogen-bond donors (Lipinski definition) is 1. The first-order valence-corrected chi connectivity index (χ1v) is 4.07. The molecule has 13 heavy (non-hydrogen) atoms. The molecular weight excluding hydrogens is 170 g/mol. The van der Waals surface area contributed by atoms with E-state index in [4.69, 9.17) is 11.2 Å². The molecule has 1 aliphatic heterocycles. The van der Waals surface area contributed by atoms with Gasteiger partial charge < -0.3 is 10.1 Å². The lowest BCUT2D eigenvalue weighted by atomic mass is 10.1. The molecule has 4 nitrogen and oxygen atoms in total. The van der Waals surface area contributed by atoms with Gasteiger partial charge in [0.05, 0.1) is 5.92 Å². The molecule has 2 atom stereocenters. The van der Waals surface area contributed by atoms with Crippen LogP contribution in [0.25, 0.3) is 0 Å². The molecule has 1 heterocycles. The summed E-state index contributed by atoms with van der Waals surface area (Å²) < 4.78 is 4.86. The number of nitrogens with one attached hydrogen (secondary N) is 1. The van der Waals surface area contributed by atoms with Crippen molar-refractivity contribution >= 4 is 11.9 Å². The van der Waals surface area contributed by atoms with Gasteiger partial charge in [0.15, 0.2) is 6.10 Å². The van der Waals surface area contributed by atoms with Gasteiger partial charge in [-0.25, -0.2) is 0 Å². The van der Waals surface area contributed by atoms with Crippen LogP contribution in [-0.4, -0.2) is 24.5 Å². The third-order valence-corrected chi connectivity index (χ3v) is 1.84. The number of carbonyl (C=O) groups is 2. The van der Waals surface area contributed by atoms with Crippen molar-refractivity contribution < 1.29 is 14.3 Å². The van der Waals surface area contributed by atoms with Gasteiger partial charge in [-0.2, -0.15) is 0 Å². The molecule has 0 saturated carbocycles. The average Bonchev–Trinajstić information content (AvgIpc) is 2.51. The standard InChI is InChI=1S/C9H11NO3/c1-3-6(2)13-9(12)7-4-8(11)10-5-7/h1,6-7H,4-5H2,2H3,(H,10,11). The summed E-state index contributed by atoms with van der Waals surface area (Å²) >= 11 is 0. The summed E-state index contributed by atoms with van der Waals surface area (Å²) in [5, 5.41) is 2.55. The summed E-state index contributed by atoms with van der Waals surface area (Å²) in [5.74, 6) is 1.40. The van der Waals surface area contributed by atoms with Crippen molar-refractivity contribution in [3.63, 3.8) is 0 Å². The summed E-state index contributed by atoms with van der Waals surface area (Å²) in [6.07, 6.45) is 4.72. The van der Waals surface area contributed by atoms with Gasteiger partial charge in [-0.1, -0.05) is 5.92 Å². The van der Waals surface area contributed by atoms with Crippen molar-refractivity contribution in [2.45, 2.75) is 19.4 Å². The van der Waals surface area contributed by atoms with Gasteiger partial charge in [0.25, 0.3) is 0 Å². The summed E-state index contributed by atoms with van der Waals surface area (Å²) in [5.41, 5.74) is 0. The second-order valence-corrected chi connectivity index (χ2v) is 2.95. The highest BCUT2D eigenvalue weighted by atomic mass is 16.5. The van der Waals surface area contributed by atoms with Crippen molar-refractivity contribution in [2.24, 2.45) is 5.92 Å². The number of esters is 1. The molecule has 0 spiro atoms. The number of ether oxygens (including phenoxy) is 1. The zero-order valence-electron chi connectivity index (χ0n) is 7.37. The molecule has 70 valence electrons. The molecule has 1 saturated heterocycles. The smallest absolute Gasteiger partial charge is 0.312 e. The fraction of sp³-hybridized carbons (Fsp3) is 0.556. The SMILES string of the molecule is C#CC(C)OC(=O)C1CNC(=O)C1. The summed E-state index contributed by atoms with van der Waals surface area (Å²) in [6.45, 7) is 1.97. The van der Waals surface area contributed by atoms with Crippen molar-refractivity contribution in [3.05, 3.63) is 0 Å². The minimum absolute atomic E-state index is 0.115. The van der Waals surface area contributed by atoms with Gasteiger partial charge in [0.1, 0.15) is 0 Å². The molecule has 2 unspecified atom stereocenters. The minimum atomic E-state index is -0.525. The van der Waals surface area contributed by atoms with Crippen molar-refractivity contribution in [2.75, 3.05) is 6.54 Å². The summed E-state index contributed by atoms with van der Waals surface area (Å²) in [6, 6.07) is 0. The van der Waals surface area contributed by atoms with E-state index < -0.39 is 12.1 Å². The van der Waals surface area contributed by atoms with E-state index in [2.05, 4.69) is 11.2 Å². The minimum Gasteiger partial charge on any atom is -0.449 e. The average molecular weight is 181 g/mol. The Labute approximate surface area is 76.6 Å². The van der Waals surface area contributed by atoms with Gasteiger partial charge in [-0.3, -0.25) is 9.59 Å². The van der Waals surface area contributed by atoms with E-state index in [1.54, 1.807) is 6.92 Å². The molecule has 1 N–H and O–H groups in total. The van der Waals surface area contributed by atoms with Crippen LogP contribution >= 0.6 is 0 Å². The zero-order valence-corrected chi connectivity index (χ0v) is 7.37. The Balaban J connectivity index is 2.41. The van der Waals surface area contributed by atoms with Gasteiger partial charge in [0, 0.05) is 13.0 Å². The van der Waals surface area contributed by atoms with E-state index in [-0.39, 0.29) is 18.2 Å². The Morgan fingerprint density at radius 2 is 2.54 bits per heavy atom. The molecule has 1 fully saturated rings. The van der Waals surface area contributed by atoms with Gasteiger partial charge in [-0.05, 0) is 6.92 Å². The van der Waals surface area contributed by atoms with Gasteiger partial charge >= 0.3 is 5.97 Å². The largest absolute Gasteiger partial charge is 0.449 e. The number of amides is 1. The highest BCUT2D eigenvalue weighted by Gasteiger charge is 2.29. The number of hydrogen-bond acceptors (Lipinski definition) is 3. The normalized spacial score (nSPS) is 23.1. The summed E-state index contributed by atoms with van der Waals surface area (Å²) in [4.78, 5) is 22.0. The molecule has 1 amide bonds. The predicted octanol–water partition coefficient (Wildman–Crippen LogP) is -0.313. The predicted molar refractivity (Wildman–Crippen MR) is 45.5 cm³/mol. The molecule has 0 aromatic rings. The monoisotopic (exact) mass is 181 g/mol. The molecule has 0 radical (unpaired) electrons. The van der Waals surface area contributed by atoms with Crippen LogP contribution in [0.5, 0.6) is 0 Å². The maximum absolute atomic E-state index is 11.3. The molecular formula is C9H11NO3. The van der Waals surface area contributed by atoms with Crippen molar-refractivity contribution in [1.82, 2.24) is 5.32 Å². The Morgan fingerprint density at radius 3 is 3.00 bits per heavy atom. The van der Waals surface area contributed by atoms with Crippen LogP contribution in [0.4, 0.5) is 0 Å². The first-order valence-electron chi connectivity index (χ1n) is 4.07. The maximum atomic E-state index is 11.3. The van der Waals surface area contributed by atoms with E-state index in [0.29, 0.717) is 6.54 Å². The second-order valence-electron chi connectivity index (χ2n) is 2.95. The number of carbonyl (C=O) groups excluding carboxylic acids is 2.